The molecule has 0 fully saturated rings. The number of hydrogen-bond acceptors (Lipinski definition) is 2. The lowest BCUT2D eigenvalue weighted by molar-refractivity contribution is 0.494. The summed E-state index contributed by atoms with van der Waals surface area (Å²) in [6.45, 7) is 5.59. The number of aryl methyl sites for hydroxylation is 2. The molecule has 104 valence electrons. The van der Waals surface area contributed by atoms with Crippen molar-refractivity contribution in [2.45, 2.75) is 45.6 Å². The number of nitrogens with one attached hydrogen (secondary N) is 1. The van der Waals surface area contributed by atoms with Crippen LogP contribution in [-0.2, 0) is 13.5 Å². The minimum absolute atomic E-state index is 0.606. The van der Waals surface area contributed by atoms with E-state index in [0.717, 1.165) is 18.5 Å². The van der Waals surface area contributed by atoms with E-state index in [4.69, 9.17) is 4.98 Å². The molecule has 1 unspecified atom stereocenters. The summed E-state index contributed by atoms with van der Waals surface area (Å²) in [5.74, 6) is 1.20. The quantitative estimate of drug-likeness (QED) is 0.827. The summed E-state index contributed by atoms with van der Waals surface area (Å²) in [5, 5.41) is 3.53. The van der Waals surface area contributed by atoms with Crippen LogP contribution in [0.4, 0.5) is 0 Å². The van der Waals surface area contributed by atoms with Gasteiger partial charge in [0.15, 0.2) is 0 Å². The molecule has 0 saturated carbocycles. The monoisotopic (exact) mass is 259 g/mol. The summed E-state index contributed by atoms with van der Waals surface area (Å²) in [5.41, 5.74) is 2.34. The van der Waals surface area contributed by atoms with Crippen LogP contribution in [0.1, 0.15) is 38.9 Å². The maximum atomic E-state index is 4.71. The highest BCUT2D eigenvalue weighted by atomic mass is 15.1. The van der Waals surface area contributed by atoms with Crippen molar-refractivity contribution in [1.82, 2.24) is 14.9 Å². The van der Waals surface area contributed by atoms with Gasteiger partial charge in [-0.25, -0.2) is 4.98 Å². The number of rotatable bonds is 7. The van der Waals surface area contributed by atoms with E-state index in [2.05, 4.69) is 55.0 Å². The van der Waals surface area contributed by atoms with E-state index < -0.39 is 0 Å². The lowest BCUT2D eigenvalue weighted by Crippen LogP contribution is -2.26. The fourth-order valence-corrected chi connectivity index (χ4v) is 2.48. The van der Waals surface area contributed by atoms with Gasteiger partial charge in [-0.1, -0.05) is 19.1 Å². The molecule has 2 aromatic rings. The number of hydrogen-bond donors (Lipinski definition) is 1. The van der Waals surface area contributed by atoms with Gasteiger partial charge in [0, 0.05) is 19.5 Å². The van der Waals surface area contributed by atoms with Crippen molar-refractivity contribution >= 4 is 11.0 Å². The SMILES string of the molecule is CCCNC(C)CCCc1nc2ccccc2n1C. The van der Waals surface area contributed by atoms with Gasteiger partial charge in [0.25, 0.3) is 0 Å². The summed E-state index contributed by atoms with van der Waals surface area (Å²) in [4.78, 5) is 4.71. The predicted molar refractivity (Wildman–Crippen MR) is 81.4 cm³/mol. The Morgan fingerprint density at radius 3 is 2.84 bits per heavy atom. The van der Waals surface area contributed by atoms with Crippen molar-refractivity contribution in [3.05, 3.63) is 30.1 Å². The van der Waals surface area contributed by atoms with Gasteiger partial charge < -0.3 is 9.88 Å². The van der Waals surface area contributed by atoms with Gasteiger partial charge in [0.1, 0.15) is 5.82 Å². The molecule has 1 heterocycles. The first-order valence-electron chi connectivity index (χ1n) is 7.36. The Morgan fingerprint density at radius 1 is 1.32 bits per heavy atom. The molecular weight excluding hydrogens is 234 g/mol. The van der Waals surface area contributed by atoms with Crippen LogP contribution in [0.2, 0.25) is 0 Å². The van der Waals surface area contributed by atoms with Gasteiger partial charge in [-0.05, 0) is 44.9 Å². The summed E-state index contributed by atoms with van der Waals surface area (Å²) in [6, 6.07) is 8.96. The molecule has 1 atom stereocenters. The van der Waals surface area contributed by atoms with Crippen LogP contribution in [0.15, 0.2) is 24.3 Å². The number of fused-ring (bicyclic) bond motifs is 1. The third-order valence-electron chi connectivity index (χ3n) is 3.66. The third-order valence-corrected chi connectivity index (χ3v) is 3.66. The highest BCUT2D eigenvalue weighted by Gasteiger charge is 2.07. The Hall–Kier alpha value is -1.35. The standard InChI is InChI=1S/C16H25N3/c1-4-12-17-13(2)8-7-11-16-18-14-9-5-6-10-15(14)19(16)3/h5-6,9-10,13,17H,4,7-8,11-12H2,1-3H3. The molecule has 0 bridgehead atoms. The van der Waals surface area contributed by atoms with E-state index in [9.17, 15) is 0 Å². The first-order valence-corrected chi connectivity index (χ1v) is 7.36. The number of nitrogens with zero attached hydrogens (tertiary/aromatic N) is 2. The fraction of sp³-hybridized carbons (Fsp3) is 0.562. The molecule has 1 aromatic carbocycles. The molecule has 3 heteroatoms. The first-order chi connectivity index (χ1) is 9.22. The minimum Gasteiger partial charge on any atom is -0.331 e. The largest absolute Gasteiger partial charge is 0.331 e. The van der Waals surface area contributed by atoms with E-state index in [1.165, 1.54) is 30.6 Å². The summed E-state index contributed by atoms with van der Waals surface area (Å²) < 4.78 is 2.22. The normalized spacial score (nSPS) is 13.0. The van der Waals surface area contributed by atoms with Crippen LogP contribution in [0.5, 0.6) is 0 Å². The van der Waals surface area contributed by atoms with Crippen molar-refractivity contribution < 1.29 is 0 Å². The van der Waals surface area contributed by atoms with E-state index in [0.29, 0.717) is 6.04 Å². The van der Waals surface area contributed by atoms with Crippen LogP contribution < -0.4 is 5.32 Å². The second-order valence-electron chi connectivity index (χ2n) is 5.32. The molecule has 0 amide bonds. The number of para-hydroxylation sites is 2. The van der Waals surface area contributed by atoms with E-state index in [-0.39, 0.29) is 0 Å². The van der Waals surface area contributed by atoms with Gasteiger partial charge in [0.2, 0.25) is 0 Å². The maximum Gasteiger partial charge on any atom is 0.109 e. The van der Waals surface area contributed by atoms with Crippen LogP contribution in [0.25, 0.3) is 11.0 Å². The Labute approximate surface area is 116 Å². The topological polar surface area (TPSA) is 29.9 Å². The molecule has 0 aliphatic rings. The molecule has 0 saturated heterocycles. The van der Waals surface area contributed by atoms with Crippen molar-refractivity contribution in [3.8, 4) is 0 Å². The molecule has 19 heavy (non-hydrogen) atoms. The van der Waals surface area contributed by atoms with Gasteiger partial charge >= 0.3 is 0 Å². The number of benzene rings is 1. The number of aromatic nitrogens is 2. The zero-order valence-corrected chi connectivity index (χ0v) is 12.3. The number of imidazole rings is 1. The minimum atomic E-state index is 0.606. The van der Waals surface area contributed by atoms with Crippen molar-refractivity contribution in [2.75, 3.05) is 6.54 Å². The summed E-state index contributed by atoms with van der Waals surface area (Å²) >= 11 is 0. The van der Waals surface area contributed by atoms with Crippen LogP contribution >= 0.6 is 0 Å². The van der Waals surface area contributed by atoms with Crippen molar-refractivity contribution in [1.29, 1.82) is 0 Å². The molecule has 3 nitrogen and oxygen atoms in total. The zero-order valence-electron chi connectivity index (χ0n) is 12.3. The molecule has 0 aliphatic carbocycles. The molecule has 0 aliphatic heterocycles. The van der Waals surface area contributed by atoms with E-state index in [1.54, 1.807) is 0 Å². The maximum absolute atomic E-state index is 4.71. The first kappa shape index (κ1) is 14.1. The highest BCUT2D eigenvalue weighted by molar-refractivity contribution is 5.75. The Bertz CT molecular complexity index is 516. The zero-order chi connectivity index (χ0) is 13.7. The molecule has 0 radical (unpaired) electrons. The predicted octanol–water partition coefficient (Wildman–Crippen LogP) is 3.28. The van der Waals surface area contributed by atoms with Crippen LogP contribution in [-0.4, -0.2) is 22.1 Å². The average Bonchev–Trinajstić information content (AvgIpc) is 2.74. The second kappa shape index (κ2) is 6.71. The lowest BCUT2D eigenvalue weighted by Gasteiger charge is -2.12. The summed E-state index contributed by atoms with van der Waals surface area (Å²) in [6.07, 6.45) is 4.66. The van der Waals surface area contributed by atoms with Crippen LogP contribution in [0.3, 0.4) is 0 Å². The fourth-order valence-electron chi connectivity index (χ4n) is 2.48. The highest BCUT2D eigenvalue weighted by Crippen LogP contribution is 2.15. The van der Waals surface area contributed by atoms with E-state index >= 15 is 0 Å². The van der Waals surface area contributed by atoms with Crippen LogP contribution in [0, 0.1) is 0 Å². The lowest BCUT2D eigenvalue weighted by atomic mass is 10.1. The molecule has 2 rings (SSSR count). The van der Waals surface area contributed by atoms with Crippen molar-refractivity contribution in [2.24, 2.45) is 7.05 Å². The second-order valence-corrected chi connectivity index (χ2v) is 5.32. The third kappa shape index (κ3) is 3.57. The molecule has 1 aromatic heterocycles. The molecule has 1 N–H and O–H groups in total. The van der Waals surface area contributed by atoms with Crippen molar-refractivity contribution in [3.63, 3.8) is 0 Å². The van der Waals surface area contributed by atoms with E-state index in [1.807, 2.05) is 0 Å². The average molecular weight is 259 g/mol. The van der Waals surface area contributed by atoms with Gasteiger partial charge in [-0.2, -0.15) is 0 Å². The smallest absolute Gasteiger partial charge is 0.109 e. The Morgan fingerprint density at radius 2 is 2.11 bits per heavy atom. The molecular formula is C16H25N3. The van der Waals surface area contributed by atoms with Gasteiger partial charge in [-0.3, -0.25) is 0 Å². The molecule has 0 spiro atoms. The van der Waals surface area contributed by atoms with Gasteiger partial charge in [-0.15, -0.1) is 0 Å². The van der Waals surface area contributed by atoms with Gasteiger partial charge in [0.05, 0.1) is 11.0 Å². The summed E-state index contributed by atoms with van der Waals surface area (Å²) in [7, 11) is 2.11. The Balaban J connectivity index is 1.89. The Kier molecular flexibility index (Phi) is 4.97.